The molecule has 2 aromatic rings. The van der Waals surface area contributed by atoms with Gasteiger partial charge in [0.05, 0.1) is 38.9 Å². The molecule has 1 saturated heterocycles. The molecule has 1 N–H and O–H groups in total. The molecule has 1 heterocycles. The first-order valence-corrected chi connectivity index (χ1v) is 10.7. The Morgan fingerprint density at radius 1 is 1.09 bits per heavy atom. The molecule has 2 aromatic carbocycles. The zero-order chi connectivity index (χ0) is 23.2. The van der Waals surface area contributed by atoms with Crippen molar-refractivity contribution in [3.05, 3.63) is 76.9 Å². The number of ether oxygens (including phenoxy) is 1. The van der Waals surface area contributed by atoms with Gasteiger partial charge in [-0.3, -0.25) is 4.79 Å². The summed E-state index contributed by atoms with van der Waals surface area (Å²) in [5.74, 6) is -0.358. The lowest BCUT2D eigenvalue weighted by molar-refractivity contribution is -0.929. The summed E-state index contributed by atoms with van der Waals surface area (Å²) in [4.78, 5) is 12.1. The fraction of sp³-hybridized carbons (Fsp3) is 0.400. The Balaban J connectivity index is 1.50. The molecule has 0 radical (unpaired) electrons. The third kappa shape index (κ3) is 6.93. The smallest absolute Gasteiger partial charge is 0.381 e. The van der Waals surface area contributed by atoms with Gasteiger partial charge in [-0.1, -0.05) is 36.4 Å². The normalized spacial score (nSPS) is 15.8. The SMILES string of the molecule is C[N+](C)(Cc1ccc(CNC(=O)C=Cc2cccc(C(F)(F)F)c2)cc1)C1CCOCC1. The number of rotatable bonds is 7. The summed E-state index contributed by atoms with van der Waals surface area (Å²) in [6, 6.07) is 13.6. The quantitative estimate of drug-likeness (QED) is 0.490. The van der Waals surface area contributed by atoms with E-state index < -0.39 is 11.7 Å². The lowest BCUT2D eigenvalue weighted by Crippen LogP contribution is -2.50. The summed E-state index contributed by atoms with van der Waals surface area (Å²) >= 11 is 0. The van der Waals surface area contributed by atoms with Crippen LogP contribution in [0.4, 0.5) is 13.2 Å². The molecular weight excluding hydrogens is 417 g/mol. The summed E-state index contributed by atoms with van der Waals surface area (Å²) in [5, 5.41) is 2.77. The third-order valence-corrected chi connectivity index (χ3v) is 5.90. The number of alkyl halides is 3. The number of carbonyl (C=O) groups excluding carboxylic acids is 1. The zero-order valence-corrected chi connectivity index (χ0v) is 18.5. The van der Waals surface area contributed by atoms with Crippen molar-refractivity contribution in [1.82, 2.24) is 5.32 Å². The van der Waals surface area contributed by atoms with Gasteiger partial charge >= 0.3 is 6.18 Å². The van der Waals surface area contributed by atoms with E-state index in [9.17, 15) is 18.0 Å². The van der Waals surface area contributed by atoms with Gasteiger partial charge in [-0.2, -0.15) is 13.2 Å². The number of amides is 1. The highest BCUT2D eigenvalue weighted by Gasteiger charge is 2.31. The molecule has 0 aliphatic carbocycles. The van der Waals surface area contributed by atoms with Gasteiger partial charge in [-0.05, 0) is 29.3 Å². The minimum Gasteiger partial charge on any atom is -0.381 e. The summed E-state index contributed by atoms with van der Waals surface area (Å²) in [6.07, 6.45) is 0.370. The fourth-order valence-corrected chi connectivity index (χ4v) is 3.98. The van der Waals surface area contributed by atoms with Crippen LogP contribution in [0, 0.1) is 0 Å². The molecule has 1 aliphatic heterocycles. The van der Waals surface area contributed by atoms with Crippen LogP contribution in [0.3, 0.4) is 0 Å². The Morgan fingerprint density at radius 3 is 2.41 bits per heavy atom. The van der Waals surface area contributed by atoms with Crippen molar-refractivity contribution >= 4 is 12.0 Å². The summed E-state index contributed by atoms with van der Waals surface area (Å²) in [5.41, 5.74) is 1.79. The molecule has 1 aliphatic rings. The molecule has 4 nitrogen and oxygen atoms in total. The van der Waals surface area contributed by atoms with Crippen molar-refractivity contribution in [1.29, 1.82) is 0 Å². The van der Waals surface area contributed by atoms with E-state index in [2.05, 4.69) is 31.5 Å². The molecule has 0 aromatic heterocycles. The molecule has 7 heteroatoms. The van der Waals surface area contributed by atoms with Crippen molar-refractivity contribution in [2.24, 2.45) is 0 Å². The van der Waals surface area contributed by atoms with Crippen molar-refractivity contribution < 1.29 is 27.2 Å². The number of halogens is 3. The van der Waals surface area contributed by atoms with Crippen LogP contribution in [0.15, 0.2) is 54.6 Å². The first kappa shape index (κ1) is 24.0. The number of benzene rings is 2. The summed E-state index contributed by atoms with van der Waals surface area (Å²) in [7, 11) is 4.50. The number of hydrogen-bond acceptors (Lipinski definition) is 2. The van der Waals surface area contributed by atoms with Gasteiger partial charge in [0, 0.05) is 31.0 Å². The maximum atomic E-state index is 12.8. The molecule has 0 bridgehead atoms. The Kier molecular flexibility index (Phi) is 7.74. The topological polar surface area (TPSA) is 38.3 Å². The molecule has 0 atom stereocenters. The van der Waals surface area contributed by atoms with Gasteiger partial charge in [0.25, 0.3) is 0 Å². The van der Waals surface area contributed by atoms with E-state index in [1.807, 2.05) is 12.1 Å². The fourth-order valence-electron chi connectivity index (χ4n) is 3.98. The third-order valence-electron chi connectivity index (χ3n) is 5.90. The average molecular weight is 448 g/mol. The molecule has 1 amide bonds. The predicted octanol–water partition coefficient (Wildman–Crippen LogP) is 4.79. The van der Waals surface area contributed by atoms with Crippen molar-refractivity contribution in [2.45, 2.75) is 38.1 Å². The molecule has 1 fully saturated rings. The highest BCUT2D eigenvalue weighted by molar-refractivity contribution is 5.91. The molecule has 0 spiro atoms. The number of hydrogen-bond donors (Lipinski definition) is 1. The van der Waals surface area contributed by atoms with Crippen LogP contribution in [-0.2, 0) is 28.8 Å². The predicted molar refractivity (Wildman–Crippen MR) is 118 cm³/mol. The second-order valence-electron chi connectivity index (χ2n) is 8.77. The zero-order valence-electron chi connectivity index (χ0n) is 18.5. The number of quaternary nitrogens is 1. The largest absolute Gasteiger partial charge is 0.416 e. The summed E-state index contributed by atoms with van der Waals surface area (Å²) < 4.78 is 44.7. The summed E-state index contributed by atoms with van der Waals surface area (Å²) in [6.45, 7) is 2.93. The lowest BCUT2D eigenvalue weighted by atomic mass is 10.0. The van der Waals surface area contributed by atoms with Crippen molar-refractivity contribution in [2.75, 3.05) is 27.3 Å². The second-order valence-corrected chi connectivity index (χ2v) is 8.77. The maximum absolute atomic E-state index is 12.8. The monoisotopic (exact) mass is 447 g/mol. The van der Waals surface area contributed by atoms with Gasteiger partial charge in [-0.25, -0.2) is 0 Å². The van der Waals surface area contributed by atoms with Crippen LogP contribution in [0.5, 0.6) is 0 Å². The molecule has 0 unspecified atom stereocenters. The Hall–Kier alpha value is -2.64. The van der Waals surface area contributed by atoms with Gasteiger partial charge in [0.1, 0.15) is 6.54 Å². The second kappa shape index (κ2) is 10.3. The molecule has 0 saturated carbocycles. The van der Waals surface area contributed by atoms with Crippen LogP contribution in [0.25, 0.3) is 6.08 Å². The van der Waals surface area contributed by atoms with E-state index >= 15 is 0 Å². The molecular formula is C25H30F3N2O2+. The number of nitrogens with zero attached hydrogens (tertiary/aromatic N) is 1. The van der Waals surface area contributed by atoms with Crippen LogP contribution >= 0.6 is 0 Å². The molecule has 32 heavy (non-hydrogen) atoms. The maximum Gasteiger partial charge on any atom is 0.416 e. The highest BCUT2D eigenvalue weighted by atomic mass is 19.4. The Bertz CT molecular complexity index is 931. The first-order valence-electron chi connectivity index (χ1n) is 10.7. The van der Waals surface area contributed by atoms with Crippen LogP contribution < -0.4 is 5.32 Å². The van der Waals surface area contributed by atoms with Crippen LogP contribution in [0.2, 0.25) is 0 Å². The molecule has 172 valence electrons. The number of nitrogens with one attached hydrogen (secondary N) is 1. The van der Waals surface area contributed by atoms with Gasteiger partial charge in [0.15, 0.2) is 0 Å². The van der Waals surface area contributed by atoms with E-state index in [0.29, 0.717) is 18.2 Å². The van der Waals surface area contributed by atoms with Crippen molar-refractivity contribution in [3.63, 3.8) is 0 Å². The minimum absolute atomic E-state index is 0.324. The lowest BCUT2D eigenvalue weighted by Gasteiger charge is -2.40. The van der Waals surface area contributed by atoms with Gasteiger partial charge in [-0.15, -0.1) is 0 Å². The van der Waals surface area contributed by atoms with E-state index in [-0.39, 0.29) is 5.91 Å². The standard InChI is InChI=1S/C25H29F3N2O2/c1-30(2,23-12-14-32-15-13-23)18-21-8-6-20(7-9-21)17-29-24(31)11-10-19-4-3-5-22(16-19)25(26,27)28/h3-11,16,23H,12-15,17-18H2,1-2H3/p+1. The van der Waals surface area contributed by atoms with E-state index in [0.717, 1.165) is 54.8 Å². The van der Waals surface area contributed by atoms with Crippen LogP contribution in [-0.4, -0.2) is 43.7 Å². The van der Waals surface area contributed by atoms with Gasteiger partial charge in [0.2, 0.25) is 5.91 Å². The Labute approximate surface area is 187 Å². The van der Waals surface area contributed by atoms with E-state index in [1.165, 1.54) is 29.8 Å². The van der Waals surface area contributed by atoms with Crippen molar-refractivity contribution in [3.8, 4) is 0 Å². The van der Waals surface area contributed by atoms with Crippen LogP contribution in [0.1, 0.15) is 35.1 Å². The Morgan fingerprint density at radius 2 is 1.75 bits per heavy atom. The minimum atomic E-state index is -4.41. The van der Waals surface area contributed by atoms with E-state index in [1.54, 1.807) is 0 Å². The molecule has 3 rings (SSSR count). The first-order chi connectivity index (χ1) is 15.1. The van der Waals surface area contributed by atoms with Gasteiger partial charge < -0.3 is 14.5 Å². The number of carbonyl (C=O) groups is 1. The van der Waals surface area contributed by atoms with E-state index in [4.69, 9.17) is 4.74 Å². The highest BCUT2D eigenvalue weighted by Crippen LogP contribution is 2.29. The average Bonchev–Trinajstić information content (AvgIpc) is 2.77.